The van der Waals surface area contributed by atoms with Crippen molar-refractivity contribution in [3.63, 3.8) is 0 Å². The number of hydrogen-bond donors (Lipinski definition) is 0. The lowest BCUT2D eigenvalue weighted by atomic mass is 9.94. The van der Waals surface area contributed by atoms with E-state index in [9.17, 15) is 0 Å². The normalized spacial score (nSPS) is 11.7. The van der Waals surface area contributed by atoms with Crippen LogP contribution in [0, 0.1) is 11.8 Å². The van der Waals surface area contributed by atoms with E-state index in [1.807, 2.05) is 18.3 Å². The van der Waals surface area contributed by atoms with Crippen LogP contribution >= 0.6 is 0 Å². The highest BCUT2D eigenvalue weighted by Crippen LogP contribution is 2.39. The smallest absolute Gasteiger partial charge is 0.203 e. The van der Waals surface area contributed by atoms with Crippen molar-refractivity contribution >= 4 is 6.21 Å². The number of ether oxygens (including phenoxy) is 3. The van der Waals surface area contributed by atoms with Gasteiger partial charge in [-0.2, -0.15) is 0 Å². The van der Waals surface area contributed by atoms with E-state index in [4.69, 9.17) is 19.2 Å². The summed E-state index contributed by atoms with van der Waals surface area (Å²) in [6.07, 6.45) is 1.87. The molecule has 0 aliphatic carbocycles. The van der Waals surface area contributed by atoms with E-state index in [2.05, 4.69) is 27.7 Å². The average Bonchev–Trinajstić information content (AvgIpc) is 2.45. The first-order valence-corrected chi connectivity index (χ1v) is 7.28. The Kier molecular flexibility index (Phi) is 6.53. The van der Waals surface area contributed by atoms with Crippen molar-refractivity contribution in [2.24, 2.45) is 16.8 Å². The van der Waals surface area contributed by atoms with Crippen LogP contribution in [-0.2, 0) is 0 Å². The van der Waals surface area contributed by atoms with Gasteiger partial charge >= 0.3 is 0 Å². The van der Waals surface area contributed by atoms with Gasteiger partial charge in [-0.1, -0.05) is 27.7 Å². The molecule has 0 heterocycles. The Morgan fingerprint density at radius 3 is 1.86 bits per heavy atom. The minimum absolute atomic E-state index is 0.280. The molecule has 0 fully saturated rings. The van der Waals surface area contributed by atoms with Crippen LogP contribution in [0.2, 0.25) is 0 Å². The monoisotopic (exact) mass is 293 g/mol. The Bertz CT molecular complexity index is 473. The van der Waals surface area contributed by atoms with E-state index in [-0.39, 0.29) is 6.04 Å². The predicted octanol–water partition coefficient (Wildman–Crippen LogP) is 3.81. The molecule has 21 heavy (non-hydrogen) atoms. The van der Waals surface area contributed by atoms with Crippen molar-refractivity contribution < 1.29 is 14.2 Å². The highest BCUT2D eigenvalue weighted by molar-refractivity contribution is 5.86. The molecule has 0 spiro atoms. The van der Waals surface area contributed by atoms with Crippen molar-refractivity contribution in [2.75, 3.05) is 21.3 Å². The molecule has 1 aromatic carbocycles. The second-order valence-corrected chi connectivity index (χ2v) is 5.68. The lowest BCUT2D eigenvalue weighted by Gasteiger charge is -2.20. The molecule has 1 aromatic rings. The minimum Gasteiger partial charge on any atom is -0.493 e. The molecule has 0 saturated heterocycles. The number of benzene rings is 1. The first kappa shape index (κ1) is 17.3. The molecule has 0 radical (unpaired) electrons. The van der Waals surface area contributed by atoms with E-state index in [0.29, 0.717) is 29.1 Å². The molecule has 118 valence electrons. The van der Waals surface area contributed by atoms with Crippen molar-refractivity contribution in [3.05, 3.63) is 17.7 Å². The lowest BCUT2D eigenvalue weighted by Crippen LogP contribution is -2.20. The van der Waals surface area contributed by atoms with Gasteiger partial charge in [0, 0.05) is 11.8 Å². The van der Waals surface area contributed by atoms with Gasteiger partial charge in [0.1, 0.15) is 0 Å². The molecule has 0 aliphatic heterocycles. The van der Waals surface area contributed by atoms with Gasteiger partial charge in [0.05, 0.1) is 27.4 Å². The zero-order valence-corrected chi connectivity index (χ0v) is 14.1. The van der Waals surface area contributed by atoms with Gasteiger partial charge in [0.2, 0.25) is 5.75 Å². The molecule has 4 nitrogen and oxygen atoms in total. The summed E-state index contributed by atoms with van der Waals surface area (Å²) in [5, 5.41) is 0. The maximum Gasteiger partial charge on any atom is 0.203 e. The van der Waals surface area contributed by atoms with Crippen LogP contribution in [0.15, 0.2) is 17.1 Å². The van der Waals surface area contributed by atoms with E-state index in [1.54, 1.807) is 21.3 Å². The summed E-state index contributed by atoms with van der Waals surface area (Å²) in [6, 6.07) is 4.08. The number of methoxy groups -OCH3 is 3. The molecule has 0 amide bonds. The second kappa shape index (κ2) is 7.91. The van der Waals surface area contributed by atoms with Gasteiger partial charge in [-0.3, -0.25) is 4.99 Å². The molecule has 0 aromatic heterocycles. The quantitative estimate of drug-likeness (QED) is 0.718. The van der Waals surface area contributed by atoms with Crippen LogP contribution in [0.4, 0.5) is 0 Å². The van der Waals surface area contributed by atoms with Gasteiger partial charge in [0.15, 0.2) is 11.5 Å². The molecule has 0 N–H and O–H groups in total. The molecule has 0 aliphatic rings. The standard InChI is InChI=1S/C17H27NO3/c1-11(2)15(12(3)4)18-10-13-8-9-14(19-5)17(21-7)16(13)20-6/h8-12,15H,1-7H3. The van der Waals surface area contributed by atoms with E-state index >= 15 is 0 Å². The maximum atomic E-state index is 5.47. The van der Waals surface area contributed by atoms with E-state index in [1.165, 1.54) is 0 Å². The number of hydrogen-bond acceptors (Lipinski definition) is 4. The van der Waals surface area contributed by atoms with E-state index < -0.39 is 0 Å². The number of rotatable bonds is 7. The van der Waals surface area contributed by atoms with Gasteiger partial charge in [0.25, 0.3) is 0 Å². The summed E-state index contributed by atoms with van der Waals surface area (Å²) in [4.78, 5) is 4.73. The van der Waals surface area contributed by atoms with Gasteiger partial charge in [-0.25, -0.2) is 0 Å². The molecule has 0 unspecified atom stereocenters. The Morgan fingerprint density at radius 1 is 0.857 bits per heavy atom. The SMILES string of the molecule is COc1ccc(C=NC(C(C)C)C(C)C)c(OC)c1OC. The van der Waals surface area contributed by atoms with Gasteiger partial charge in [-0.05, 0) is 24.0 Å². The Hall–Kier alpha value is -1.71. The van der Waals surface area contributed by atoms with Crippen LogP contribution < -0.4 is 14.2 Å². The topological polar surface area (TPSA) is 40.0 Å². The number of aliphatic imine (C=N–C) groups is 1. The summed E-state index contributed by atoms with van der Waals surface area (Å²) in [5.74, 6) is 2.87. The van der Waals surface area contributed by atoms with Gasteiger partial charge in [-0.15, -0.1) is 0 Å². The molecule has 1 rings (SSSR count). The Morgan fingerprint density at radius 2 is 1.43 bits per heavy atom. The Balaban J connectivity index is 3.19. The summed E-state index contributed by atoms with van der Waals surface area (Å²) in [7, 11) is 4.84. The fourth-order valence-electron chi connectivity index (χ4n) is 2.51. The fourth-order valence-corrected chi connectivity index (χ4v) is 2.51. The maximum absolute atomic E-state index is 5.47. The fraction of sp³-hybridized carbons (Fsp3) is 0.588. The van der Waals surface area contributed by atoms with Crippen LogP contribution in [0.3, 0.4) is 0 Å². The van der Waals surface area contributed by atoms with Crippen LogP contribution in [-0.4, -0.2) is 33.6 Å². The van der Waals surface area contributed by atoms with Gasteiger partial charge < -0.3 is 14.2 Å². The first-order valence-electron chi connectivity index (χ1n) is 7.28. The summed E-state index contributed by atoms with van der Waals surface area (Å²) >= 11 is 0. The summed E-state index contributed by atoms with van der Waals surface area (Å²) < 4.78 is 16.1. The largest absolute Gasteiger partial charge is 0.493 e. The average molecular weight is 293 g/mol. The van der Waals surface area contributed by atoms with Crippen molar-refractivity contribution in [1.29, 1.82) is 0 Å². The zero-order chi connectivity index (χ0) is 16.0. The third-order valence-corrected chi connectivity index (χ3v) is 3.49. The zero-order valence-electron chi connectivity index (χ0n) is 14.1. The minimum atomic E-state index is 0.280. The second-order valence-electron chi connectivity index (χ2n) is 5.68. The lowest BCUT2D eigenvalue weighted by molar-refractivity contribution is 0.324. The van der Waals surface area contributed by atoms with E-state index in [0.717, 1.165) is 5.56 Å². The summed E-state index contributed by atoms with van der Waals surface area (Å²) in [5.41, 5.74) is 0.890. The molecule has 0 atom stereocenters. The van der Waals surface area contributed by atoms with Crippen molar-refractivity contribution in [1.82, 2.24) is 0 Å². The van der Waals surface area contributed by atoms with Crippen LogP contribution in [0.25, 0.3) is 0 Å². The molecule has 0 saturated carbocycles. The highest BCUT2D eigenvalue weighted by atomic mass is 16.5. The molecule has 0 bridgehead atoms. The van der Waals surface area contributed by atoms with Crippen molar-refractivity contribution in [2.45, 2.75) is 33.7 Å². The summed E-state index contributed by atoms with van der Waals surface area (Å²) in [6.45, 7) is 8.75. The third-order valence-electron chi connectivity index (χ3n) is 3.49. The van der Waals surface area contributed by atoms with Crippen LogP contribution in [0.1, 0.15) is 33.3 Å². The first-order chi connectivity index (χ1) is 9.96. The Labute approximate surface area is 128 Å². The molecular formula is C17H27NO3. The molecule has 4 heteroatoms. The number of nitrogens with zero attached hydrogens (tertiary/aromatic N) is 1. The third kappa shape index (κ3) is 4.13. The van der Waals surface area contributed by atoms with Crippen LogP contribution in [0.5, 0.6) is 17.2 Å². The highest BCUT2D eigenvalue weighted by Gasteiger charge is 2.17. The molecular weight excluding hydrogens is 266 g/mol. The van der Waals surface area contributed by atoms with Crippen molar-refractivity contribution in [3.8, 4) is 17.2 Å². The predicted molar refractivity (Wildman–Crippen MR) is 87.2 cm³/mol.